The Morgan fingerprint density at radius 2 is 2.00 bits per heavy atom. The van der Waals surface area contributed by atoms with Crippen molar-refractivity contribution in [3.05, 3.63) is 46.6 Å². The Balaban J connectivity index is 2.07. The van der Waals surface area contributed by atoms with Crippen LogP contribution in [0.15, 0.2) is 30.5 Å². The van der Waals surface area contributed by atoms with Crippen molar-refractivity contribution in [3.8, 4) is 5.88 Å². The van der Waals surface area contributed by atoms with E-state index in [0.29, 0.717) is 17.5 Å². The van der Waals surface area contributed by atoms with Crippen molar-refractivity contribution < 1.29 is 4.74 Å². The molecule has 1 aromatic heterocycles. The zero-order chi connectivity index (χ0) is 12.3. The van der Waals surface area contributed by atoms with E-state index in [1.807, 2.05) is 31.2 Å². The molecule has 17 heavy (non-hydrogen) atoms. The van der Waals surface area contributed by atoms with Crippen LogP contribution in [0.4, 0.5) is 5.95 Å². The lowest BCUT2D eigenvalue weighted by Crippen LogP contribution is -2.02. The molecule has 2 aromatic rings. The summed E-state index contributed by atoms with van der Waals surface area (Å²) in [5, 5.41) is 0.705. The molecule has 2 N–H and O–H groups in total. The second-order valence-corrected chi connectivity index (χ2v) is 4.07. The highest BCUT2D eigenvalue weighted by molar-refractivity contribution is 6.30. The Bertz CT molecular complexity index is 514. The van der Waals surface area contributed by atoms with Crippen LogP contribution < -0.4 is 10.5 Å². The third-order valence-corrected chi connectivity index (χ3v) is 2.48. The highest BCUT2D eigenvalue weighted by Gasteiger charge is 2.03. The minimum absolute atomic E-state index is 0.210. The van der Waals surface area contributed by atoms with Gasteiger partial charge in [-0.3, -0.25) is 0 Å². The zero-order valence-electron chi connectivity index (χ0n) is 9.35. The number of aromatic nitrogens is 2. The summed E-state index contributed by atoms with van der Waals surface area (Å²) in [7, 11) is 0. The van der Waals surface area contributed by atoms with Crippen LogP contribution in [0.2, 0.25) is 5.02 Å². The van der Waals surface area contributed by atoms with Crippen molar-refractivity contribution in [1.82, 2.24) is 9.97 Å². The minimum atomic E-state index is 0.210. The molecule has 0 aliphatic rings. The van der Waals surface area contributed by atoms with Crippen molar-refractivity contribution in [2.45, 2.75) is 13.5 Å². The molecule has 0 atom stereocenters. The minimum Gasteiger partial charge on any atom is -0.472 e. The van der Waals surface area contributed by atoms with E-state index in [1.54, 1.807) is 6.20 Å². The number of nitrogens with zero attached hydrogens (tertiary/aromatic N) is 2. The molecule has 5 heteroatoms. The first-order valence-electron chi connectivity index (χ1n) is 5.11. The van der Waals surface area contributed by atoms with Crippen molar-refractivity contribution in [3.63, 3.8) is 0 Å². The normalized spacial score (nSPS) is 10.2. The van der Waals surface area contributed by atoms with Gasteiger partial charge in [0.1, 0.15) is 6.61 Å². The van der Waals surface area contributed by atoms with Gasteiger partial charge in [0.15, 0.2) is 0 Å². The molecule has 0 spiro atoms. The molecule has 1 aromatic carbocycles. The molecule has 88 valence electrons. The quantitative estimate of drug-likeness (QED) is 0.908. The smallest absolute Gasteiger partial charge is 0.223 e. The zero-order valence-corrected chi connectivity index (χ0v) is 10.1. The number of halogens is 1. The summed E-state index contributed by atoms with van der Waals surface area (Å²) >= 11 is 5.80. The van der Waals surface area contributed by atoms with Crippen molar-refractivity contribution in [2.24, 2.45) is 0 Å². The van der Waals surface area contributed by atoms with Gasteiger partial charge in [-0.15, -0.1) is 0 Å². The number of nitrogens with two attached hydrogens (primary N) is 1. The van der Waals surface area contributed by atoms with Gasteiger partial charge in [-0.25, -0.2) is 4.98 Å². The summed E-state index contributed by atoms with van der Waals surface area (Å²) in [4.78, 5) is 7.90. The first kappa shape index (κ1) is 11.7. The van der Waals surface area contributed by atoms with Crippen molar-refractivity contribution in [1.29, 1.82) is 0 Å². The van der Waals surface area contributed by atoms with E-state index >= 15 is 0 Å². The molecule has 1 heterocycles. The van der Waals surface area contributed by atoms with Crippen molar-refractivity contribution in [2.75, 3.05) is 5.73 Å². The average molecular weight is 250 g/mol. The van der Waals surface area contributed by atoms with E-state index in [4.69, 9.17) is 22.1 Å². The Hall–Kier alpha value is -1.81. The van der Waals surface area contributed by atoms with Gasteiger partial charge >= 0.3 is 0 Å². The van der Waals surface area contributed by atoms with Gasteiger partial charge in [0.25, 0.3) is 0 Å². The third kappa shape index (κ3) is 3.07. The molecule has 0 aliphatic heterocycles. The lowest BCUT2D eigenvalue weighted by molar-refractivity contribution is 0.291. The molecule has 2 rings (SSSR count). The Kier molecular flexibility index (Phi) is 3.44. The maximum absolute atomic E-state index is 5.80. The van der Waals surface area contributed by atoms with E-state index in [9.17, 15) is 0 Å². The average Bonchev–Trinajstić information content (AvgIpc) is 2.32. The van der Waals surface area contributed by atoms with Crippen LogP contribution in [0.3, 0.4) is 0 Å². The summed E-state index contributed by atoms with van der Waals surface area (Å²) in [5.41, 5.74) is 7.37. The molecular weight excluding hydrogens is 238 g/mol. The maximum Gasteiger partial charge on any atom is 0.223 e. The number of nitrogen functional groups attached to an aromatic ring is 1. The maximum atomic E-state index is 5.80. The highest BCUT2D eigenvalue weighted by atomic mass is 35.5. The van der Waals surface area contributed by atoms with Gasteiger partial charge < -0.3 is 10.5 Å². The molecule has 0 amide bonds. The van der Waals surface area contributed by atoms with Crippen LogP contribution >= 0.6 is 11.6 Å². The number of hydrogen-bond acceptors (Lipinski definition) is 4. The number of anilines is 1. The monoisotopic (exact) mass is 249 g/mol. The molecule has 0 saturated heterocycles. The SMILES string of the molecule is Cc1cnc(N)nc1OCc1ccc(Cl)cc1. The van der Waals surface area contributed by atoms with Crippen LogP contribution in [-0.2, 0) is 6.61 Å². The Morgan fingerprint density at radius 3 is 2.71 bits per heavy atom. The summed E-state index contributed by atoms with van der Waals surface area (Å²) in [5.74, 6) is 0.717. The fourth-order valence-corrected chi connectivity index (χ4v) is 1.44. The fourth-order valence-electron chi connectivity index (χ4n) is 1.32. The van der Waals surface area contributed by atoms with Crippen LogP contribution in [0, 0.1) is 6.92 Å². The van der Waals surface area contributed by atoms with E-state index < -0.39 is 0 Å². The van der Waals surface area contributed by atoms with Gasteiger partial charge in [-0.1, -0.05) is 23.7 Å². The predicted octanol–water partition coefficient (Wildman–Crippen LogP) is 2.60. The molecule has 0 aliphatic carbocycles. The standard InChI is InChI=1S/C12H12ClN3O/c1-8-6-15-12(14)16-11(8)17-7-9-2-4-10(13)5-3-9/h2-6H,7H2,1H3,(H2,14,15,16). The second kappa shape index (κ2) is 5.01. The van der Waals surface area contributed by atoms with Crippen LogP contribution in [0.1, 0.15) is 11.1 Å². The van der Waals surface area contributed by atoms with Gasteiger partial charge in [0.2, 0.25) is 11.8 Å². The topological polar surface area (TPSA) is 61.0 Å². The molecule has 0 saturated carbocycles. The molecule has 0 bridgehead atoms. The third-order valence-electron chi connectivity index (χ3n) is 2.23. The van der Waals surface area contributed by atoms with E-state index in [0.717, 1.165) is 11.1 Å². The second-order valence-electron chi connectivity index (χ2n) is 3.63. The number of benzene rings is 1. The highest BCUT2D eigenvalue weighted by Crippen LogP contribution is 2.16. The van der Waals surface area contributed by atoms with Crippen LogP contribution in [-0.4, -0.2) is 9.97 Å². The van der Waals surface area contributed by atoms with Gasteiger partial charge in [0, 0.05) is 16.8 Å². The van der Waals surface area contributed by atoms with E-state index in [1.165, 1.54) is 0 Å². The lowest BCUT2D eigenvalue weighted by Gasteiger charge is -2.08. The van der Waals surface area contributed by atoms with Gasteiger partial charge in [-0.2, -0.15) is 4.98 Å². The summed E-state index contributed by atoms with van der Waals surface area (Å²) in [6.45, 7) is 2.30. The first-order valence-corrected chi connectivity index (χ1v) is 5.49. The van der Waals surface area contributed by atoms with Gasteiger partial charge in [0.05, 0.1) is 0 Å². The summed E-state index contributed by atoms with van der Waals surface area (Å²) in [6.07, 6.45) is 1.64. The Morgan fingerprint density at radius 1 is 1.29 bits per heavy atom. The number of rotatable bonds is 3. The van der Waals surface area contributed by atoms with E-state index in [-0.39, 0.29) is 5.95 Å². The number of aryl methyl sites for hydroxylation is 1. The molecular formula is C12H12ClN3O. The van der Waals surface area contributed by atoms with Crippen LogP contribution in [0.25, 0.3) is 0 Å². The molecule has 0 radical (unpaired) electrons. The molecule has 0 unspecified atom stereocenters. The lowest BCUT2D eigenvalue weighted by atomic mass is 10.2. The van der Waals surface area contributed by atoms with Gasteiger partial charge in [-0.05, 0) is 24.6 Å². The molecule has 4 nitrogen and oxygen atoms in total. The fraction of sp³-hybridized carbons (Fsp3) is 0.167. The first-order chi connectivity index (χ1) is 8.15. The summed E-state index contributed by atoms with van der Waals surface area (Å²) in [6, 6.07) is 7.45. The molecule has 0 fully saturated rings. The number of ether oxygens (including phenoxy) is 1. The largest absolute Gasteiger partial charge is 0.472 e. The number of hydrogen-bond donors (Lipinski definition) is 1. The van der Waals surface area contributed by atoms with E-state index in [2.05, 4.69) is 9.97 Å². The summed E-state index contributed by atoms with van der Waals surface area (Å²) < 4.78 is 5.57. The van der Waals surface area contributed by atoms with Crippen LogP contribution in [0.5, 0.6) is 5.88 Å². The predicted molar refractivity (Wildman–Crippen MR) is 67.0 cm³/mol. The Labute approximate surface area is 104 Å². The van der Waals surface area contributed by atoms with Crippen molar-refractivity contribution >= 4 is 17.5 Å².